The van der Waals surface area contributed by atoms with Gasteiger partial charge in [0.1, 0.15) is 4.90 Å². The van der Waals surface area contributed by atoms with E-state index >= 15 is 0 Å². The predicted molar refractivity (Wildman–Crippen MR) is 119 cm³/mol. The standard InChI is InChI=1S/C21H29N3O5S2/c1-15-11-19(17(3)24(15)16(2)13-28-4)20(25)14-30-21-6-5-18(12-22-21)31(26,27)23-7-9-29-10-8-23/h5-6,11-12,16H,7-10,13-14H2,1-4H3. The Kier molecular flexibility index (Phi) is 7.92. The molecular weight excluding hydrogens is 438 g/mol. The SMILES string of the molecule is COCC(C)n1c(C)cc(C(=O)CSc2ccc(S(=O)(=O)N3CCOCC3)cn2)c1C. The van der Waals surface area contributed by atoms with Crippen molar-refractivity contribution in [3.8, 4) is 0 Å². The van der Waals surface area contributed by atoms with Gasteiger partial charge in [-0.05, 0) is 39.0 Å². The van der Waals surface area contributed by atoms with Crippen LogP contribution >= 0.6 is 11.8 Å². The van der Waals surface area contributed by atoms with Gasteiger partial charge in [-0.25, -0.2) is 13.4 Å². The van der Waals surface area contributed by atoms with E-state index in [1.165, 1.54) is 22.3 Å². The Morgan fingerprint density at radius 1 is 1.29 bits per heavy atom. The second kappa shape index (κ2) is 10.3. The first-order chi connectivity index (χ1) is 14.8. The van der Waals surface area contributed by atoms with Crippen LogP contribution in [0.15, 0.2) is 34.3 Å². The number of carbonyl (C=O) groups is 1. The first kappa shape index (κ1) is 23.9. The van der Waals surface area contributed by atoms with Crippen LogP contribution in [0.4, 0.5) is 0 Å². The number of sulfonamides is 1. The number of morpholine rings is 1. The molecule has 0 aromatic carbocycles. The number of Topliss-reactive ketones (excluding diaryl/α,β-unsaturated/α-hetero) is 1. The molecule has 10 heteroatoms. The Balaban J connectivity index is 1.65. The number of hydrogen-bond donors (Lipinski definition) is 0. The number of aromatic nitrogens is 2. The molecule has 0 saturated carbocycles. The van der Waals surface area contributed by atoms with Gasteiger partial charge in [-0.15, -0.1) is 0 Å². The van der Waals surface area contributed by atoms with E-state index in [2.05, 4.69) is 16.5 Å². The number of carbonyl (C=O) groups excluding carboxylic acids is 1. The minimum absolute atomic E-state index is 0.0146. The molecule has 0 N–H and O–H groups in total. The fourth-order valence-electron chi connectivity index (χ4n) is 3.81. The molecule has 1 unspecified atom stereocenters. The highest BCUT2D eigenvalue weighted by molar-refractivity contribution is 7.99. The van der Waals surface area contributed by atoms with Gasteiger partial charge in [-0.3, -0.25) is 4.79 Å². The van der Waals surface area contributed by atoms with Gasteiger partial charge in [0.2, 0.25) is 10.0 Å². The molecule has 3 heterocycles. The molecule has 3 rings (SSSR count). The van der Waals surface area contributed by atoms with Crippen molar-refractivity contribution in [1.29, 1.82) is 0 Å². The van der Waals surface area contributed by atoms with Gasteiger partial charge in [-0.2, -0.15) is 4.31 Å². The summed E-state index contributed by atoms with van der Waals surface area (Å²) in [4.78, 5) is 17.2. The summed E-state index contributed by atoms with van der Waals surface area (Å²) in [6.45, 7) is 8.04. The number of methoxy groups -OCH3 is 1. The number of ether oxygens (including phenoxy) is 2. The van der Waals surface area contributed by atoms with Crippen LogP contribution in [0, 0.1) is 13.8 Å². The van der Waals surface area contributed by atoms with Gasteiger partial charge in [0.25, 0.3) is 0 Å². The quantitative estimate of drug-likeness (QED) is 0.414. The Morgan fingerprint density at radius 3 is 2.61 bits per heavy atom. The van der Waals surface area contributed by atoms with Gasteiger partial charge in [-0.1, -0.05) is 11.8 Å². The van der Waals surface area contributed by atoms with Crippen molar-refractivity contribution in [2.75, 3.05) is 45.8 Å². The molecule has 0 spiro atoms. The van der Waals surface area contributed by atoms with E-state index in [4.69, 9.17) is 9.47 Å². The van der Waals surface area contributed by atoms with Crippen molar-refractivity contribution >= 4 is 27.6 Å². The average molecular weight is 468 g/mol. The zero-order chi connectivity index (χ0) is 22.6. The summed E-state index contributed by atoms with van der Waals surface area (Å²) in [5.74, 6) is 0.242. The van der Waals surface area contributed by atoms with E-state index in [9.17, 15) is 13.2 Å². The Bertz CT molecular complexity index is 1010. The van der Waals surface area contributed by atoms with Crippen LogP contribution in [-0.4, -0.2) is 73.8 Å². The van der Waals surface area contributed by atoms with E-state index < -0.39 is 10.0 Å². The highest BCUT2D eigenvalue weighted by Crippen LogP contribution is 2.25. The van der Waals surface area contributed by atoms with Crippen LogP contribution in [0.2, 0.25) is 0 Å². The van der Waals surface area contributed by atoms with Crippen molar-refractivity contribution < 1.29 is 22.7 Å². The van der Waals surface area contributed by atoms with E-state index in [-0.39, 0.29) is 22.5 Å². The summed E-state index contributed by atoms with van der Waals surface area (Å²) in [5.41, 5.74) is 2.64. The van der Waals surface area contributed by atoms with Gasteiger partial charge in [0.15, 0.2) is 5.78 Å². The van der Waals surface area contributed by atoms with Crippen molar-refractivity contribution in [3.05, 3.63) is 41.3 Å². The van der Waals surface area contributed by atoms with E-state index in [1.807, 2.05) is 19.9 Å². The fourth-order valence-corrected chi connectivity index (χ4v) is 5.89. The molecule has 1 fully saturated rings. The number of thioether (sulfide) groups is 1. The second-order valence-electron chi connectivity index (χ2n) is 7.52. The lowest BCUT2D eigenvalue weighted by Gasteiger charge is -2.25. The minimum atomic E-state index is -3.57. The largest absolute Gasteiger partial charge is 0.383 e. The molecule has 1 saturated heterocycles. The zero-order valence-corrected chi connectivity index (χ0v) is 20.0. The number of pyridine rings is 1. The van der Waals surface area contributed by atoms with Crippen LogP contribution in [-0.2, 0) is 19.5 Å². The number of hydrogen-bond acceptors (Lipinski definition) is 7. The van der Waals surface area contributed by atoms with E-state index in [1.54, 1.807) is 19.2 Å². The third-order valence-electron chi connectivity index (χ3n) is 5.30. The normalized spacial score (nSPS) is 16.4. The van der Waals surface area contributed by atoms with Crippen molar-refractivity contribution in [3.63, 3.8) is 0 Å². The Hall–Kier alpha value is -1.72. The van der Waals surface area contributed by atoms with Gasteiger partial charge >= 0.3 is 0 Å². The average Bonchev–Trinajstić information content (AvgIpc) is 3.07. The molecular formula is C21H29N3O5S2. The smallest absolute Gasteiger partial charge is 0.244 e. The van der Waals surface area contributed by atoms with E-state index in [0.717, 1.165) is 11.4 Å². The Labute approximate surface area is 188 Å². The lowest BCUT2D eigenvalue weighted by Crippen LogP contribution is -2.40. The molecule has 1 aliphatic rings. The molecule has 0 amide bonds. The highest BCUT2D eigenvalue weighted by atomic mass is 32.2. The number of nitrogens with zero attached hydrogens (tertiary/aromatic N) is 3. The van der Waals surface area contributed by atoms with Crippen LogP contribution in [0.5, 0.6) is 0 Å². The summed E-state index contributed by atoms with van der Waals surface area (Å²) in [7, 11) is -1.91. The summed E-state index contributed by atoms with van der Waals surface area (Å²) >= 11 is 1.30. The van der Waals surface area contributed by atoms with Crippen LogP contribution in [0.3, 0.4) is 0 Å². The molecule has 1 aliphatic heterocycles. The summed E-state index contributed by atoms with van der Waals surface area (Å²) < 4.78 is 39.3. The van der Waals surface area contributed by atoms with Crippen LogP contribution < -0.4 is 0 Å². The summed E-state index contributed by atoms with van der Waals surface area (Å²) in [6, 6.07) is 5.25. The monoisotopic (exact) mass is 467 g/mol. The number of ketones is 1. The van der Waals surface area contributed by atoms with E-state index in [0.29, 0.717) is 43.5 Å². The van der Waals surface area contributed by atoms with Gasteiger partial charge < -0.3 is 14.0 Å². The molecule has 2 aromatic rings. The highest BCUT2D eigenvalue weighted by Gasteiger charge is 2.26. The summed E-state index contributed by atoms with van der Waals surface area (Å²) in [5, 5.41) is 0.607. The maximum absolute atomic E-state index is 12.8. The fraction of sp³-hybridized carbons (Fsp3) is 0.524. The van der Waals surface area contributed by atoms with Gasteiger partial charge in [0, 0.05) is 43.3 Å². The first-order valence-electron chi connectivity index (χ1n) is 10.1. The van der Waals surface area contributed by atoms with Crippen molar-refractivity contribution in [1.82, 2.24) is 13.9 Å². The molecule has 170 valence electrons. The van der Waals surface area contributed by atoms with Crippen molar-refractivity contribution in [2.24, 2.45) is 0 Å². The summed E-state index contributed by atoms with van der Waals surface area (Å²) in [6.07, 6.45) is 1.36. The van der Waals surface area contributed by atoms with Gasteiger partial charge in [0.05, 0.1) is 36.6 Å². The molecule has 0 bridgehead atoms. The lowest BCUT2D eigenvalue weighted by molar-refractivity contribution is 0.0730. The minimum Gasteiger partial charge on any atom is -0.383 e. The van der Waals surface area contributed by atoms with Crippen LogP contribution in [0.1, 0.15) is 34.7 Å². The maximum atomic E-state index is 12.8. The maximum Gasteiger partial charge on any atom is 0.244 e. The predicted octanol–water partition coefficient (Wildman–Crippen LogP) is 2.70. The number of rotatable bonds is 9. The molecule has 1 atom stereocenters. The molecule has 0 radical (unpaired) electrons. The van der Waals surface area contributed by atoms with Crippen LogP contribution in [0.25, 0.3) is 0 Å². The number of aryl methyl sites for hydroxylation is 1. The third-order valence-corrected chi connectivity index (χ3v) is 8.13. The Morgan fingerprint density at radius 2 is 2.00 bits per heavy atom. The molecule has 0 aliphatic carbocycles. The zero-order valence-electron chi connectivity index (χ0n) is 18.3. The molecule has 2 aromatic heterocycles. The van der Waals surface area contributed by atoms with Crippen molar-refractivity contribution in [2.45, 2.75) is 36.7 Å². The third kappa shape index (κ3) is 5.38. The lowest BCUT2D eigenvalue weighted by atomic mass is 10.2. The topological polar surface area (TPSA) is 90.7 Å². The molecule has 8 nitrogen and oxygen atoms in total. The first-order valence-corrected chi connectivity index (χ1v) is 12.6. The second-order valence-corrected chi connectivity index (χ2v) is 10.5. The molecule has 31 heavy (non-hydrogen) atoms.